The first-order valence-electron chi connectivity index (χ1n) is 36.3. The van der Waals surface area contributed by atoms with Crippen molar-refractivity contribution in [2.45, 2.75) is 94.7 Å². The molecule has 2 aliphatic heterocycles. The Balaban J connectivity index is 0.916. The number of carbonyl (C=O) groups excluding carboxylic acids is 11. The Morgan fingerprint density at radius 2 is 1.18 bits per heavy atom. The Morgan fingerprint density at radius 1 is 0.596 bits per heavy atom. The molecule has 4 aromatic rings. The number of carboxylic acid groups (broad SMARTS) is 1. The van der Waals surface area contributed by atoms with Crippen molar-refractivity contribution in [2.75, 3.05) is 156 Å². The number of rotatable bonds is 46. The number of aromatic nitrogens is 1. The molecule has 4 atom stereocenters. The number of halogens is 1. The van der Waals surface area contributed by atoms with Gasteiger partial charge >= 0.3 is 19.1 Å². The fraction of sp³-hybridized carbons (Fsp3) is 0.535. The smallest absolute Gasteiger partial charge is 0.475 e. The standard InChI is InChI=1S/C71H103BIN17O19/c73-50-13-9-49(10-14-50)39-65(96)79-21-3-2-7-57(70(101)102)85-69(100)56(6-1-4-22-81-71(103)83-51-15-11-48(12-16-51)38-52-42-88(45-62(76)93)29-28-86(43-60(74)91)26-27-87(44-61(75)92)30-31-89(52)46-63(77)94)84-64(95)20-32-106-34-36-108-37-35-107-33-24-80-66(97)47-109-53-17-18-54-55(19-23-78-58(54)40-53)68(99)82-41-67(98)90-25-5-8-59(90)72(104)105/h9-19,23,40,52,56-57,59,104-105H,1-8,20-22,24-39,41-47H2,(H2,74,91)(H2,75,92)(H2,76,93)(H2,77,94)(H,79,96)(H,80,97)(H,82,99)(H,84,95)(H,85,100)(H,101,102)(H2,81,83,103)/t52?,56-,57-,59-/m0/s1. The zero-order valence-corrected chi connectivity index (χ0v) is 63.3. The van der Waals surface area contributed by atoms with E-state index >= 15 is 0 Å². The van der Waals surface area contributed by atoms with Crippen LogP contribution in [0.3, 0.4) is 0 Å². The molecule has 3 aromatic carbocycles. The average molecular weight is 1640 g/mol. The maximum Gasteiger partial charge on any atom is 0.475 e. The van der Waals surface area contributed by atoms with Crippen molar-refractivity contribution in [1.82, 2.24) is 61.4 Å². The highest BCUT2D eigenvalue weighted by Crippen LogP contribution is 2.24. The minimum atomic E-state index is -1.67. The van der Waals surface area contributed by atoms with Crippen molar-refractivity contribution in [1.29, 1.82) is 0 Å². The molecule has 18 N–H and O–H groups in total. The summed E-state index contributed by atoms with van der Waals surface area (Å²) in [6.45, 7) is 2.90. The molecule has 6 rings (SSSR count). The zero-order valence-electron chi connectivity index (χ0n) is 61.2. The summed E-state index contributed by atoms with van der Waals surface area (Å²) < 4.78 is 23.4. The number of carboxylic acids is 1. The minimum Gasteiger partial charge on any atom is -0.484 e. The number of likely N-dealkylation sites (tertiary alicyclic amines) is 1. The summed E-state index contributed by atoms with van der Waals surface area (Å²) in [4.78, 5) is 166. The van der Waals surface area contributed by atoms with Gasteiger partial charge in [-0.05, 0) is 134 Å². The van der Waals surface area contributed by atoms with E-state index in [2.05, 4.69) is 64.8 Å². The van der Waals surface area contributed by atoms with Gasteiger partial charge in [0.25, 0.3) is 11.8 Å². The van der Waals surface area contributed by atoms with Gasteiger partial charge in [0.15, 0.2) is 6.61 Å². The average Bonchev–Trinajstić information content (AvgIpc) is 0.893. The van der Waals surface area contributed by atoms with E-state index in [-0.39, 0.29) is 142 Å². The Morgan fingerprint density at radius 3 is 1.83 bits per heavy atom. The van der Waals surface area contributed by atoms with Gasteiger partial charge in [-0.15, -0.1) is 0 Å². The molecule has 1 aromatic heterocycles. The molecule has 0 saturated carbocycles. The Kier molecular flexibility index (Phi) is 39.3. The highest BCUT2D eigenvalue weighted by atomic mass is 127. The second kappa shape index (κ2) is 48.3. The van der Waals surface area contributed by atoms with Crippen LogP contribution in [-0.4, -0.2) is 298 Å². The topological polar surface area (TPSA) is 520 Å². The van der Waals surface area contributed by atoms with Crippen molar-refractivity contribution in [3.63, 3.8) is 0 Å². The van der Waals surface area contributed by atoms with Gasteiger partial charge in [0.1, 0.15) is 17.8 Å². The number of benzene rings is 3. The molecule has 1 unspecified atom stereocenters. The summed E-state index contributed by atoms with van der Waals surface area (Å²) in [5.41, 5.74) is 25.4. The van der Waals surface area contributed by atoms with Crippen LogP contribution >= 0.6 is 22.6 Å². The number of amides is 12. The minimum absolute atomic E-state index is 0.0410. The van der Waals surface area contributed by atoms with Gasteiger partial charge < -0.3 is 99.2 Å². The molecule has 38 heteroatoms. The molecule has 2 saturated heterocycles. The van der Waals surface area contributed by atoms with E-state index in [1.54, 1.807) is 42.5 Å². The SMILES string of the molecule is NC(=O)CN1CCN(CC(N)=O)CCN(CC(N)=O)C(Cc2ccc(NC(=O)NCCCC[C@H](NC(=O)CCOCCOCCOCCNC(=O)COc3ccc4c(C(=O)NCC(=O)N5CCC[C@H]5B(O)O)ccnc4c3)C(=O)N[C@@H](CCCCNC(=O)Cc3ccc(I)cc3)C(=O)O)cc2)CN(CC(N)=O)CC1. The quantitative estimate of drug-likeness (QED) is 0.0120. The number of nitrogens with zero attached hydrogens (tertiary/aromatic N) is 6. The number of ether oxygens (including phenoxy) is 4. The maximum atomic E-state index is 13.8. The third-order valence-corrected chi connectivity index (χ3v) is 18.5. The summed E-state index contributed by atoms with van der Waals surface area (Å²) in [6.07, 6.45) is 4.44. The molecular weight excluding hydrogens is 1530 g/mol. The number of nitrogens with two attached hydrogens (primary N) is 4. The van der Waals surface area contributed by atoms with Crippen LogP contribution in [0.25, 0.3) is 10.9 Å². The lowest BCUT2D eigenvalue weighted by molar-refractivity contribution is -0.142. The van der Waals surface area contributed by atoms with Gasteiger partial charge in [-0.1, -0.05) is 24.3 Å². The fourth-order valence-electron chi connectivity index (χ4n) is 12.3. The first-order chi connectivity index (χ1) is 52.3. The van der Waals surface area contributed by atoms with E-state index in [0.29, 0.717) is 113 Å². The molecule has 2 aliphatic rings. The van der Waals surface area contributed by atoms with Crippen molar-refractivity contribution < 1.29 is 91.6 Å². The zero-order chi connectivity index (χ0) is 79.0. The van der Waals surface area contributed by atoms with Crippen LogP contribution in [0.4, 0.5) is 10.5 Å². The summed E-state index contributed by atoms with van der Waals surface area (Å²) in [5.74, 6) is -6.81. The van der Waals surface area contributed by atoms with Crippen LogP contribution in [0.15, 0.2) is 79.0 Å². The lowest BCUT2D eigenvalue weighted by Crippen LogP contribution is -2.54. The number of nitrogens with one attached hydrogen (secondary N) is 7. The normalized spacial score (nSPS) is 15.9. The number of pyridine rings is 1. The van der Waals surface area contributed by atoms with E-state index in [9.17, 15) is 72.7 Å². The van der Waals surface area contributed by atoms with Gasteiger partial charge in [0.05, 0.1) is 95.8 Å². The number of hydrogen-bond acceptors (Lipinski definition) is 23. The first-order valence-corrected chi connectivity index (χ1v) is 37.3. The molecule has 0 radical (unpaired) electrons. The number of urea groups is 1. The maximum absolute atomic E-state index is 13.8. The predicted molar refractivity (Wildman–Crippen MR) is 408 cm³/mol. The number of unbranched alkanes of at least 4 members (excludes halogenated alkanes) is 2. The van der Waals surface area contributed by atoms with Crippen LogP contribution < -0.4 is 64.9 Å². The van der Waals surface area contributed by atoms with E-state index in [0.717, 1.165) is 14.7 Å². The van der Waals surface area contributed by atoms with Crippen LogP contribution in [0.1, 0.15) is 79.3 Å². The van der Waals surface area contributed by atoms with E-state index in [1.807, 2.05) is 43.9 Å². The van der Waals surface area contributed by atoms with Gasteiger partial charge in [0.2, 0.25) is 47.3 Å². The van der Waals surface area contributed by atoms with Crippen LogP contribution in [0, 0.1) is 3.57 Å². The molecule has 109 heavy (non-hydrogen) atoms. The predicted octanol–water partition coefficient (Wildman–Crippen LogP) is -2.84. The van der Waals surface area contributed by atoms with Gasteiger partial charge in [0, 0.05) is 111 Å². The lowest BCUT2D eigenvalue weighted by atomic mass is 9.78. The molecule has 2 fully saturated rings. The number of carbonyl (C=O) groups is 12. The van der Waals surface area contributed by atoms with Crippen molar-refractivity contribution >= 4 is 117 Å². The second-order valence-electron chi connectivity index (χ2n) is 26.4. The second-order valence-corrected chi connectivity index (χ2v) is 27.6. The van der Waals surface area contributed by atoms with Crippen molar-refractivity contribution in [2.24, 2.45) is 22.9 Å². The van der Waals surface area contributed by atoms with E-state index in [1.165, 1.54) is 17.2 Å². The van der Waals surface area contributed by atoms with E-state index in [4.69, 9.17) is 41.9 Å². The lowest BCUT2D eigenvalue weighted by Gasteiger charge is -2.38. The van der Waals surface area contributed by atoms with Crippen LogP contribution in [0.2, 0.25) is 0 Å². The highest BCUT2D eigenvalue weighted by molar-refractivity contribution is 14.1. The highest BCUT2D eigenvalue weighted by Gasteiger charge is 2.37. The van der Waals surface area contributed by atoms with Gasteiger partial charge in [-0.3, -0.25) is 72.5 Å². The van der Waals surface area contributed by atoms with Crippen molar-refractivity contribution in [3.05, 3.63) is 99.3 Å². The Hall–Kier alpha value is -9.26. The molecule has 12 amide bonds. The largest absolute Gasteiger partial charge is 0.484 e. The number of anilines is 1. The monoisotopic (exact) mass is 1640 g/mol. The third-order valence-electron chi connectivity index (χ3n) is 17.8. The number of primary amides is 4. The summed E-state index contributed by atoms with van der Waals surface area (Å²) in [7, 11) is -1.67. The Labute approximate surface area is 646 Å². The molecule has 0 aliphatic carbocycles. The molecule has 3 heterocycles. The Bertz CT molecular complexity index is 3650. The molecule has 0 bridgehead atoms. The van der Waals surface area contributed by atoms with Crippen LogP contribution in [0.5, 0.6) is 5.75 Å². The van der Waals surface area contributed by atoms with Gasteiger partial charge in [-0.2, -0.15) is 0 Å². The number of fused-ring (bicyclic) bond motifs is 1. The van der Waals surface area contributed by atoms with Crippen molar-refractivity contribution in [3.8, 4) is 5.75 Å². The molecule has 0 spiro atoms. The summed E-state index contributed by atoms with van der Waals surface area (Å²) >= 11 is 2.18. The summed E-state index contributed by atoms with van der Waals surface area (Å²) in [6, 6.07) is 17.4. The molecular formula is C71H103BIN17O19. The molecule has 36 nitrogen and oxygen atoms in total. The fourth-order valence-corrected chi connectivity index (χ4v) is 12.6. The number of aliphatic carboxylic acids is 1. The first kappa shape index (κ1) is 88.6. The van der Waals surface area contributed by atoms with Crippen LogP contribution in [-0.2, 0) is 75.0 Å². The van der Waals surface area contributed by atoms with Gasteiger partial charge in [-0.25, -0.2) is 9.59 Å². The molecule has 596 valence electrons. The summed E-state index contributed by atoms with van der Waals surface area (Å²) in [5, 5.41) is 48.8. The third kappa shape index (κ3) is 34.5. The van der Waals surface area contributed by atoms with E-state index < -0.39 is 96.4 Å². The number of hydrogen-bond donors (Lipinski definition) is 14.